The molecule has 0 bridgehead atoms. The van der Waals surface area contributed by atoms with Crippen molar-refractivity contribution in [3.63, 3.8) is 0 Å². The smallest absolute Gasteiger partial charge is 0.297 e. The van der Waals surface area contributed by atoms with E-state index in [4.69, 9.17) is 11.6 Å². The van der Waals surface area contributed by atoms with Crippen LogP contribution in [0.25, 0.3) is 0 Å². The fraction of sp³-hybridized carbons (Fsp3) is 0.273. The molecule has 0 aliphatic carbocycles. The van der Waals surface area contributed by atoms with Gasteiger partial charge in [-0.1, -0.05) is 12.1 Å². The van der Waals surface area contributed by atoms with Crippen molar-refractivity contribution in [2.24, 2.45) is 0 Å². The van der Waals surface area contributed by atoms with E-state index in [1.54, 1.807) is 13.1 Å². The molecule has 86 valence electrons. The van der Waals surface area contributed by atoms with Crippen molar-refractivity contribution in [3.8, 4) is 0 Å². The van der Waals surface area contributed by atoms with Crippen molar-refractivity contribution in [1.29, 1.82) is 0 Å². The van der Waals surface area contributed by atoms with Gasteiger partial charge in [-0.2, -0.15) is 0 Å². The maximum Gasteiger partial charge on any atom is 0.328 e. The number of nitrogens with one attached hydrogen (secondary N) is 1. The number of benzene rings is 1. The number of imide groups is 1. The van der Waals surface area contributed by atoms with Crippen LogP contribution in [-0.2, 0) is 4.79 Å². The van der Waals surface area contributed by atoms with Gasteiger partial charge in [0, 0.05) is 12.7 Å². The summed E-state index contributed by atoms with van der Waals surface area (Å²) in [5, 5.41) is 2.16. The Morgan fingerprint density at radius 2 is 2.12 bits per heavy atom. The van der Waals surface area contributed by atoms with E-state index in [1.807, 2.05) is 25.1 Å². The Bertz CT molecular complexity index is 407. The number of anilines is 1. The number of halogens is 1. The molecule has 1 rings (SSSR count). The molecule has 0 atom stereocenters. The normalized spacial score (nSPS) is 9.69. The third-order valence-corrected chi connectivity index (χ3v) is 2.30. The monoisotopic (exact) mass is 240 g/mol. The third-order valence-electron chi connectivity index (χ3n) is 2.06. The van der Waals surface area contributed by atoms with Gasteiger partial charge >= 0.3 is 6.03 Å². The second-order valence-corrected chi connectivity index (χ2v) is 3.65. The molecule has 5 heteroatoms. The Balaban J connectivity index is 2.74. The number of carbonyl (C=O) groups excluding carboxylic acids is 2. The number of carbonyl (C=O) groups is 2. The molecule has 0 aliphatic rings. The van der Waals surface area contributed by atoms with Crippen molar-refractivity contribution in [3.05, 3.63) is 29.8 Å². The van der Waals surface area contributed by atoms with Gasteiger partial charge in [0.15, 0.2) is 0 Å². The molecule has 0 aliphatic heterocycles. The number of aryl methyl sites for hydroxylation is 1. The zero-order chi connectivity index (χ0) is 12.1. The summed E-state index contributed by atoms with van der Waals surface area (Å²) >= 11 is 5.29. The predicted molar refractivity (Wildman–Crippen MR) is 63.8 cm³/mol. The zero-order valence-electron chi connectivity index (χ0n) is 9.16. The summed E-state index contributed by atoms with van der Waals surface area (Å²) in [6, 6.07) is 6.93. The summed E-state index contributed by atoms with van der Waals surface area (Å²) in [7, 11) is 1.59. The lowest BCUT2D eigenvalue weighted by molar-refractivity contribution is -0.117. The lowest BCUT2D eigenvalue weighted by Gasteiger charge is -2.17. The largest absolute Gasteiger partial charge is 0.328 e. The predicted octanol–water partition coefficient (Wildman–Crippen LogP) is 1.91. The van der Waals surface area contributed by atoms with E-state index in [0.29, 0.717) is 0 Å². The van der Waals surface area contributed by atoms with Gasteiger partial charge in [-0.3, -0.25) is 15.0 Å². The zero-order valence-corrected chi connectivity index (χ0v) is 9.91. The first-order valence-electron chi connectivity index (χ1n) is 4.74. The molecule has 0 unspecified atom stereocenters. The van der Waals surface area contributed by atoms with Gasteiger partial charge in [0.25, 0.3) is 0 Å². The summed E-state index contributed by atoms with van der Waals surface area (Å²) in [6.07, 6.45) is 0. The molecule has 0 aromatic heterocycles. The van der Waals surface area contributed by atoms with Crippen LogP contribution in [0.1, 0.15) is 5.56 Å². The topological polar surface area (TPSA) is 49.4 Å². The van der Waals surface area contributed by atoms with Crippen LogP contribution in [0, 0.1) is 6.92 Å². The van der Waals surface area contributed by atoms with Crippen molar-refractivity contribution in [2.45, 2.75) is 6.92 Å². The molecule has 0 spiro atoms. The van der Waals surface area contributed by atoms with Gasteiger partial charge in [0.2, 0.25) is 5.91 Å². The number of rotatable bonds is 2. The number of hydrogen-bond donors (Lipinski definition) is 1. The standard InChI is InChI=1S/C11H13ClN2O2/c1-8-4-3-5-9(6-8)14(2)11(16)13-10(15)7-12/h3-6H,7H2,1-2H3,(H,13,15,16). The fourth-order valence-electron chi connectivity index (χ4n) is 1.19. The van der Waals surface area contributed by atoms with Gasteiger partial charge in [-0.15, -0.1) is 11.6 Å². The highest BCUT2D eigenvalue weighted by molar-refractivity contribution is 6.28. The lowest BCUT2D eigenvalue weighted by atomic mass is 10.2. The molecule has 3 amide bonds. The highest BCUT2D eigenvalue weighted by Gasteiger charge is 2.13. The Morgan fingerprint density at radius 1 is 1.44 bits per heavy atom. The Labute approximate surface area is 99.2 Å². The molecule has 16 heavy (non-hydrogen) atoms. The summed E-state index contributed by atoms with van der Waals surface area (Å²) < 4.78 is 0. The quantitative estimate of drug-likeness (QED) is 0.803. The summed E-state index contributed by atoms with van der Waals surface area (Å²) in [4.78, 5) is 23.9. The third kappa shape index (κ3) is 3.24. The van der Waals surface area contributed by atoms with Gasteiger partial charge in [-0.25, -0.2) is 4.79 Å². The summed E-state index contributed by atoms with van der Waals surface area (Å²) in [6.45, 7) is 1.93. The molecule has 0 heterocycles. The van der Waals surface area contributed by atoms with Crippen molar-refractivity contribution < 1.29 is 9.59 Å². The number of hydrogen-bond acceptors (Lipinski definition) is 2. The summed E-state index contributed by atoms with van der Waals surface area (Å²) in [5.74, 6) is -0.737. The minimum atomic E-state index is -0.508. The molecule has 1 aromatic carbocycles. The van der Waals surface area contributed by atoms with Crippen LogP contribution in [0.5, 0.6) is 0 Å². The van der Waals surface area contributed by atoms with Crippen LogP contribution >= 0.6 is 11.6 Å². The van der Waals surface area contributed by atoms with Gasteiger partial charge < -0.3 is 0 Å². The second kappa shape index (κ2) is 5.51. The summed E-state index contributed by atoms with van der Waals surface area (Å²) in [5.41, 5.74) is 1.76. The average molecular weight is 241 g/mol. The molecule has 4 nitrogen and oxygen atoms in total. The first-order valence-corrected chi connectivity index (χ1v) is 5.28. The minimum absolute atomic E-state index is 0.229. The maximum absolute atomic E-state index is 11.6. The molecule has 0 saturated carbocycles. The second-order valence-electron chi connectivity index (χ2n) is 3.38. The van der Waals surface area contributed by atoms with E-state index in [9.17, 15) is 9.59 Å². The van der Waals surface area contributed by atoms with Crippen LogP contribution in [0.15, 0.2) is 24.3 Å². The highest BCUT2D eigenvalue weighted by Crippen LogP contribution is 2.13. The molecular weight excluding hydrogens is 228 g/mol. The Kier molecular flexibility index (Phi) is 4.31. The van der Waals surface area contributed by atoms with E-state index in [0.717, 1.165) is 11.3 Å². The molecular formula is C11H13ClN2O2. The minimum Gasteiger partial charge on any atom is -0.297 e. The maximum atomic E-state index is 11.6. The van der Waals surface area contributed by atoms with Gasteiger partial charge in [-0.05, 0) is 24.6 Å². The Morgan fingerprint density at radius 3 is 2.69 bits per heavy atom. The number of amides is 3. The SMILES string of the molecule is Cc1cccc(N(C)C(=O)NC(=O)CCl)c1. The molecule has 0 saturated heterocycles. The van der Waals surface area contributed by atoms with E-state index in [2.05, 4.69) is 5.32 Å². The Hall–Kier alpha value is -1.55. The first-order chi connectivity index (χ1) is 7.54. The van der Waals surface area contributed by atoms with Gasteiger partial charge in [0.05, 0.1) is 0 Å². The highest BCUT2D eigenvalue weighted by atomic mass is 35.5. The van der Waals surface area contributed by atoms with Crippen molar-refractivity contribution >= 4 is 29.2 Å². The molecule has 0 fully saturated rings. The molecule has 1 aromatic rings. The molecule has 0 radical (unpaired) electrons. The van der Waals surface area contributed by atoms with Crippen LogP contribution in [-0.4, -0.2) is 24.9 Å². The van der Waals surface area contributed by atoms with E-state index in [1.165, 1.54) is 4.90 Å². The molecule has 1 N–H and O–H groups in total. The van der Waals surface area contributed by atoms with E-state index < -0.39 is 11.9 Å². The van der Waals surface area contributed by atoms with Crippen molar-refractivity contribution in [2.75, 3.05) is 17.8 Å². The first kappa shape index (κ1) is 12.5. The fourth-order valence-corrected chi connectivity index (χ4v) is 1.26. The number of urea groups is 1. The van der Waals surface area contributed by atoms with Crippen LogP contribution < -0.4 is 10.2 Å². The van der Waals surface area contributed by atoms with Crippen molar-refractivity contribution in [1.82, 2.24) is 5.32 Å². The number of nitrogens with zero attached hydrogens (tertiary/aromatic N) is 1. The lowest BCUT2D eigenvalue weighted by Crippen LogP contribution is -2.41. The van der Waals surface area contributed by atoms with Gasteiger partial charge in [0.1, 0.15) is 5.88 Å². The van der Waals surface area contributed by atoms with E-state index in [-0.39, 0.29) is 5.88 Å². The van der Waals surface area contributed by atoms with Crippen LogP contribution in [0.4, 0.5) is 10.5 Å². The van der Waals surface area contributed by atoms with Crippen LogP contribution in [0.2, 0.25) is 0 Å². The average Bonchev–Trinajstić information content (AvgIpc) is 2.27. The van der Waals surface area contributed by atoms with E-state index >= 15 is 0 Å². The van der Waals surface area contributed by atoms with Crippen LogP contribution in [0.3, 0.4) is 0 Å². The number of alkyl halides is 1.